The van der Waals surface area contributed by atoms with Crippen LogP contribution in [0.25, 0.3) is 0 Å². The number of aliphatic carboxylic acids is 1. The fraction of sp³-hybridized carbons (Fsp3) is 0.769. The molecule has 2 fully saturated rings. The Hall–Kier alpha value is -1.99. The molecule has 0 aromatic heterocycles. The predicted octanol–water partition coefficient (Wildman–Crippen LogP) is 0.0820. The van der Waals surface area contributed by atoms with Crippen LogP contribution in [0.1, 0.15) is 32.1 Å². The highest BCUT2D eigenvalue weighted by Gasteiger charge is 2.47. The minimum atomic E-state index is -0.949. The number of carboxylic acid groups (broad SMARTS) is 1. The summed E-state index contributed by atoms with van der Waals surface area (Å²) in [5.74, 6) is -0.663. The first-order valence-corrected chi connectivity index (χ1v) is 7.33. The van der Waals surface area contributed by atoms with Crippen molar-refractivity contribution in [2.45, 2.75) is 44.2 Å². The number of fused-ring (bicyclic) bond motifs is 1. The molecule has 1 saturated carbocycles. The lowest BCUT2D eigenvalue weighted by molar-refractivity contribution is -0.141. The zero-order valence-corrected chi connectivity index (χ0v) is 11.9. The molecule has 8 nitrogen and oxygen atoms in total. The van der Waals surface area contributed by atoms with Crippen LogP contribution in [0.4, 0.5) is 9.59 Å². The maximum Gasteiger partial charge on any atom is 0.326 e. The second-order valence-electron chi connectivity index (χ2n) is 5.63. The van der Waals surface area contributed by atoms with Crippen LogP contribution in [0.3, 0.4) is 0 Å². The highest BCUT2D eigenvalue weighted by atomic mass is 16.4. The van der Waals surface area contributed by atoms with Crippen molar-refractivity contribution in [3.05, 3.63) is 0 Å². The number of carboxylic acids is 1. The van der Waals surface area contributed by atoms with Gasteiger partial charge in [-0.25, -0.2) is 14.4 Å². The first-order valence-electron chi connectivity index (χ1n) is 7.33. The molecule has 0 spiro atoms. The number of urea groups is 2. The molecule has 1 saturated heterocycles. The quantitative estimate of drug-likeness (QED) is 0.548. The molecule has 2 aliphatic rings. The molecule has 1 aliphatic heterocycles. The molecule has 1 heterocycles. The molecular formula is C13H22N4O4. The van der Waals surface area contributed by atoms with Crippen molar-refractivity contribution in [2.24, 2.45) is 11.7 Å². The molecule has 3 unspecified atom stereocenters. The van der Waals surface area contributed by atoms with Gasteiger partial charge in [-0.2, -0.15) is 0 Å². The van der Waals surface area contributed by atoms with Gasteiger partial charge >= 0.3 is 18.0 Å². The van der Waals surface area contributed by atoms with Gasteiger partial charge in [0.05, 0.1) is 0 Å². The van der Waals surface area contributed by atoms with Crippen molar-refractivity contribution < 1.29 is 19.5 Å². The van der Waals surface area contributed by atoms with E-state index in [-0.39, 0.29) is 31.1 Å². The van der Waals surface area contributed by atoms with Crippen LogP contribution in [-0.2, 0) is 4.79 Å². The molecule has 21 heavy (non-hydrogen) atoms. The Morgan fingerprint density at radius 3 is 2.48 bits per heavy atom. The van der Waals surface area contributed by atoms with Gasteiger partial charge in [-0.05, 0) is 25.2 Å². The Morgan fingerprint density at radius 1 is 1.14 bits per heavy atom. The maximum atomic E-state index is 12.3. The molecule has 1 aliphatic carbocycles. The summed E-state index contributed by atoms with van der Waals surface area (Å²) >= 11 is 0. The van der Waals surface area contributed by atoms with Gasteiger partial charge in [-0.1, -0.05) is 12.8 Å². The third kappa shape index (κ3) is 3.56. The largest absolute Gasteiger partial charge is 0.480 e. The highest BCUT2D eigenvalue weighted by molar-refractivity contribution is 5.83. The normalized spacial score (nSPS) is 27.8. The van der Waals surface area contributed by atoms with E-state index in [4.69, 9.17) is 5.73 Å². The lowest BCUT2D eigenvalue weighted by atomic mass is 9.85. The van der Waals surface area contributed by atoms with Crippen molar-refractivity contribution in [3.8, 4) is 0 Å². The summed E-state index contributed by atoms with van der Waals surface area (Å²) in [6.45, 7) is 0.447. The second-order valence-corrected chi connectivity index (χ2v) is 5.63. The van der Waals surface area contributed by atoms with Gasteiger partial charge in [0.15, 0.2) is 0 Å². The maximum absolute atomic E-state index is 12.3. The first kappa shape index (κ1) is 15.4. The van der Waals surface area contributed by atoms with Crippen LogP contribution in [0.5, 0.6) is 0 Å². The Balaban J connectivity index is 1.95. The number of likely N-dealkylation sites (tertiary alicyclic amines) is 1. The SMILES string of the molecule is NC(=O)NCCNC(=O)N1C(C(=O)O)CC2CCCCC21. The number of nitrogens with one attached hydrogen (secondary N) is 2. The molecule has 5 N–H and O–H groups in total. The van der Waals surface area contributed by atoms with Gasteiger partial charge < -0.3 is 26.4 Å². The Labute approximate surface area is 123 Å². The smallest absolute Gasteiger partial charge is 0.326 e. The molecule has 4 amide bonds. The van der Waals surface area contributed by atoms with E-state index >= 15 is 0 Å². The van der Waals surface area contributed by atoms with Crippen molar-refractivity contribution >= 4 is 18.0 Å². The molecule has 3 atom stereocenters. The van der Waals surface area contributed by atoms with Crippen molar-refractivity contribution in [3.63, 3.8) is 0 Å². The molecular weight excluding hydrogens is 276 g/mol. The van der Waals surface area contributed by atoms with Gasteiger partial charge in [-0.15, -0.1) is 0 Å². The number of amides is 4. The van der Waals surface area contributed by atoms with Crippen LogP contribution in [-0.4, -0.2) is 53.2 Å². The number of carbonyl (C=O) groups is 3. The molecule has 118 valence electrons. The Bertz CT molecular complexity index is 428. The lowest BCUT2D eigenvalue weighted by Gasteiger charge is -2.32. The number of rotatable bonds is 4. The molecule has 8 heteroatoms. The Morgan fingerprint density at radius 2 is 1.81 bits per heavy atom. The van der Waals surface area contributed by atoms with E-state index in [2.05, 4.69) is 10.6 Å². The average Bonchev–Trinajstić information content (AvgIpc) is 2.83. The van der Waals surface area contributed by atoms with Crippen LogP contribution in [0.15, 0.2) is 0 Å². The number of hydrogen-bond acceptors (Lipinski definition) is 3. The zero-order chi connectivity index (χ0) is 15.4. The number of hydrogen-bond donors (Lipinski definition) is 4. The number of nitrogens with zero attached hydrogens (tertiary/aromatic N) is 1. The minimum Gasteiger partial charge on any atom is -0.480 e. The summed E-state index contributed by atoms with van der Waals surface area (Å²) < 4.78 is 0. The van der Waals surface area contributed by atoms with Gasteiger partial charge in [-0.3, -0.25) is 0 Å². The van der Waals surface area contributed by atoms with Crippen molar-refractivity contribution in [2.75, 3.05) is 13.1 Å². The third-order valence-electron chi connectivity index (χ3n) is 4.31. The fourth-order valence-corrected chi connectivity index (χ4v) is 3.42. The lowest BCUT2D eigenvalue weighted by Crippen LogP contribution is -2.51. The summed E-state index contributed by atoms with van der Waals surface area (Å²) in [6.07, 6.45) is 4.52. The average molecular weight is 298 g/mol. The van der Waals surface area contributed by atoms with Crippen LogP contribution < -0.4 is 16.4 Å². The highest BCUT2D eigenvalue weighted by Crippen LogP contribution is 2.39. The number of primary amides is 1. The van der Waals surface area contributed by atoms with E-state index in [0.717, 1.165) is 25.7 Å². The molecule has 0 aromatic carbocycles. The summed E-state index contributed by atoms with van der Waals surface area (Å²) in [4.78, 5) is 35.7. The van der Waals surface area contributed by atoms with Crippen LogP contribution in [0.2, 0.25) is 0 Å². The summed E-state index contributed by atoms with van der Waals surface area (Å²) in [7, 11) is 0. The summed E-state index contributed by atoms with van der Waals surface area (Å²) in [5.41, 5.74) is 4.93. The molecule has 0 radical (unpaired) electrons. The van der Waals surface area contributed by atoms with E-state index < -0.39 is 18.0 Å². The van der Waals surface area contributed by atoms with E-state index in [1.807, 2.05) is 0 Å². The van der Waals surface area contributed by atoms with E-state index in [0.29, 0.717) is 6.42 Å². The van der Waals surface area contributed by atoms with Crippen LogP contribution in [0, 0.1) is 5.92 Å². The van der Waals surface area contributed by atoms with Gasteiger partial charge in [0, 0.05) is 19.1 Å². The molecule has 0 aromatic rings. The van der Waals surface area contributed by atoms with Crippen LogP contribution >= 0.6 is 0 Å². The fourth-order valence-electron chi connectivity index (χ4n) is 3.42. The minimum absolute atomic E-state index is 0.0175. The molecule has 2 rings (SSSR count). The number of nitrogens with two attached hydrogens (primary N) is 1. The van der Waals surface area contributed by atoms with Crippen molar-refractivity contribution in [1.29, 1.82) is 0 Å². The van der Waals surface area contributed by atoms with E-state index in [9.17, 15) is 19.5 Å². The van der Waals surface area contributed by atoms with E-state index in [1.54, 1.807) is 0 Å². The topological polar surface area (TPSA) is 125 Å². The second kappa shape index (κ2) is 6.64. The van der Waals surface area contributed by atoms with Gasteiger partial charge in [0.2, 0.25) is 0 Å². The number of carbonyl (C=O) groups excluding carboxylic acids is 2. The predicted molar refractivity (Wildman–Crippen MR) is 74.6 cm³/mol. The zero-order valence-electron chi connectivity index (χ0n) is 11.9. The Kier molecular flexibility index (Phi) is 4.87. The van der Waals surface area contributed by atoms with E-state index in [1.165, 1.54) is 4.90 Å². The van der Waals surface area contributed by atoms with Crippen molar-refractivity contribution in [1.82, 2.24) is 15.5 Å². The van der Waals surface area contributed by atoms with Gasteiger partial charge in [0.25, 0.3) is 0 Å². The first-order chi connectivity index (χ1) is 10.0. The van der Waals surface area contributed by atoms with Gasteiger partial charge in [0.1, 0.15) is 6.04 Å². The standard InChI is InChI=1S/C13H22N4O4/c14-12(20)15-5-6-16-13(21)17-9-4-2-1-3-8(9)7-10(17)11(18)19/h8-10H,1-7H2,(H,16,21)(H,18,19)(H3,14,15,20). The third-order valence-corrected chi connectivity index (χ3v) is 4.31. The molecule has 0 bridgehead atoms. The monoisotopic (exact) mass is 298 g/mol. The summed E-state index contributed by atoms with van der Waals surface area (Å²) in [6, 6.07) is -1.75. The summed E-state index contributed by atoms with van der Waals surface area (Å²) in [5, 5.41) is 14.4.